The minimum Gasteiger partial charge on any atom is -0.378 e. The number of morpholine rings is 2. The third kappa shape index (κ3) is 5.21. The van der Waals surface area contributed by atoms with Gasteiger partial charge in [-0.2, -0.15) is 4.98 Å². The molecule has 1 N–H and O–H groups in total. The monoisotopic (exact) mass is 461 g/mol. The van der Waals surface area contributed by atoms with Gasteiger partial charge in [0.2, 0.25) is 5.95 Å². The molecule has 2 aromatic heterocycles. The average molecular weight is 462 g/mol. The molecule has 178 valence electrons. The van der Waals surface area contributed by atoms with Gasteiger partial charge in [-0.05, 0) is 42.8 Å². The van der Waals surface area contributed by atoms with Crippen LogP contribution in [0.3, 0.4) is 0 Å². The Morgan fingerprint density at radius 1 is 0.824 bits per heavy atom. The highest BCUT2D eigenvalue weighted by Gasteiger charge is 2.18. The summed E-state index contributed by atoms with van der Waals surface area (Å²) >= 11 is 0. The van der Waals surface area contributed by atoms with E-state index in [9.17, 15) is 0 Å². The Labute approximate surface area is 200 Å². The second kappa shape index (κ2) is 10.2. The quantitative estimate of drug-likeness (QED) is 0.594. The van der Waals surface area contributed by atoms with Crippen molar-refractivity contribution in [3.8, 4) is 0 Å². The van der Waals surface area contributed by atoms with E-state index in [1.807, 2.05) is 43.3 Å². The van der Waals surface area contributed by atoms with Crippen LogP contribution in [0.5, 0.6) is 0 Å². The lowest BCUT2D eigenvalue weighted by Crippen LogP contribution is -2.38. The molecular weight excluding hydrogens is 430 g/mol. The second-order valence-electron chi connectivity index (χ2n) is 8.55. The van der Waals surface area contributed by atoms with Crippen LogP contribution in [0.1, 0.15) is 5.56 Å². The van der Waals surface area contributed by atoms with Gasteiger partial charge in [0.15, 0.2) is 0 Å². The summed E-state index contributed by atoms with van der Waals surface area (Å²) in [6.07, 6.45) is 3.63. The largest absolute Gasteiger partial charge is 0.378 e. The first kappa shape index (κ1) is 22.4. The van der Waals surface area contributed by atoms with Crippen molar-refractivity contribution in [2.45, 2.75) is 6.92 Å². The van der Waals surface area contributed by atoms with Crippen LogP contribution in [0.2, 0.25) is 0 Å². The summed E-state index contributed by atoms with van der Waals surface area (Å²) in [5.41, 5.74) is 4.43. The maximum absolute atomic E-state index is 5.56. The van der Waals surface area contributed by atoms with Gasteiger partial charge < -0.3 is 29.5 Å². The fraction of sp³-hybridized carbons (Fsp3) is 0.400. The molecule has 2 aliphatic heterocycles. The van der Waals surface area contributed by atoms with Crippen LogP contribution >= 0.6 is 0 Å². The van der Waals surface area contributed by atoms with E-state index in [0.717, 1.165) is 75.5 Å². The van der Waals surface area contributed by atoms with Gasteiger partial charge in [-0.15, -0.1) is 0 Å². The van der Waals surface area contributed by atoms with Crippen LogP contribution in [0.15, 0.2) is 48.8 Å². The third-order valence-electron chi connectivity index (χ3n) is 6.14. The minimum atomic E-state index is 0.545. The Kier molecular flexibility index (Phi) is 6.73. The Morgan fingerprint density at radius 2 is 1.47 bits per heavy atom. The summed E-state index contributed by atoms with van der Waals surface area (Å²) < 4.78 is 11.1. The molecule has 4 heterocycles. The Balaban J connectivity index is 1.41. The van der Waals surface area contributed by atoms with Gasteiger partial charge in [0.05, 0.1) is 26.4 Å². The third-order valence-corrected chi connectivity index (χ3v) is 6.14. The van der Waals surface area contributed by atoms with Crippen LogP contribution < -0.4 is 20.0 Å². The number of nitrogens with zero attached hydrogens (tertiary/aromatic N) is 6. The topological polar surface area (TPSA) is 78.9 Å². The van der Waals surface area contributed by atoms with Crippen molar-refractivity contribution in [1.82, 2.24) is 15.0 Å². The summed E-state index contributed by atoms with van der Waals surface area (Å²) in [5.74, 6) is 2.15. The highest BCUT2D eigenvalue weighted by atomic mass is 16.5. The van der Waals surface area contributed by atoms with E-state index in [4.69, 9.17) is 14.5 Å². The van der Waals surface area contributed by atoms with Crippen molar-refractivity contribution in [2.75, 3.05) is 79.7 Å². The molecule has 2 fully saturated rings. The number of aryl methyl sites for hydroxylation is 1. The van der Waals surface area contributed by atoms with Crippen LogP contribution in [-0.2, 0) is 9.47 Å². The first-order chi connectivity index (χ1) is 16.7. The lowest BCUT2D eigenvalue weighted by molar-refractivity contribution is 0.122. The highest BCUT2D eigenvalue weighted by molar-refractivity contribution is 5.71. The number of benzene rings is 1. The minimum absolute atomic E-state index is 0.545. The maximum atomic E-state index is 5.56. The fourth-order valence-corrected chi connectivity index (χ4v) is 4.18. The smallest absolute Gasteiger partial charge is 0.229 e. The number of hydrogen-bond donors (Lipinski definition) is 1. The molecule has 0 atom stereocenters. The summed E-state index contributed by atoms with van der Waals surface area (Å²) in [7, 11) is 1.96. The van der Waals surface area contributed by atoms with E-state index in [1.54, 1.807) is 6.20 Å². The van der Waals surface area contributed by atoms with E-state index >= 15 is 0 Å². The van der Waals surface area contributed by atoms with E-state index in [0.29, 0.717) is 5.95 Å². The van der Waals surface area contributed by atoms with Crippen molar-refractivity contribution in [2.24, 2.45) is 0 Å². The van der Waals surface area contributed by atoms with Crippen LogP contribution in [0, 0.1) is 6.92 Å². The first-order valence-corrected chi connectivity index (χ1v) is 11.7. The van der Waals surface area contributed by atoms with Gasteiger partial charge in [0.25, 0.3) is 0 Å². The number of anilines is 6. The van der Waals surface area contributed by atoms with Gasteiger partial charge >= 0.3 is 0 Å². The Morgan fingerprint density at radius 3 is 2.06 bits per heavy atom. The molecule has 0 spiro atoms. The second-order valence-corrected chi connectivity index (χ2v) is 8.55. The molecule has 0 saturated carbocycles. The molecular formula is C25H31N7O2. The SMILES string of the molecule is Cc1ccc(N(C)c2ccnc(Nc3cc(N4CCOCC4)cc(N4CCOCC4)c3)n2)nc1. The fourth-order valence-electron chi connectivity index (χ4n) is 4.18. The average Bonchev–Trinajstić information content (AvgIpc) is 2.90. The lowest BCUT2D eigenvalue weighted by Gasteiger charge is -2.33. The zero-order valence-corrected chi connectivity index (χ0v) is 19.8. The van der Waals surface area contributed by atoms with Crippen molar-refractivity contribution >= 4 is 34.6 Å². The molecule has 0 amide bonds. The zero-order chi connectivity index (χ0) is 23.3. The van der Waals surface area contributed by atoms with Gasteiger partial charge in [0, 0.05) is 62.7 Å². The van der Waals surface area contributed by atoms with E-state index in [2.05, 4.69) is 43.3 Å². The van der Waals surface area contributed by atoms with Crippen molar-refractivity contribution in [3.05, 3.63) is 54.4 Å². The number of nitrogens with one attached hydrogen (secondary N) is 1. The van der Waals surface area contributed by atoms with Crippen molar-refractivity contribution in [3.63, 3.8) is 0 Å². The van der Waals surface area contributed by atoms with Gasteiger partial charge in [-0.25, -0.2) is 9.97 Å². The van der Waals surface area contributed by atoms with Gasteiger partial charge in [0.1, 0.15) is 11.6 Å². The van der Waals surface area contributed by atoms with E-state index in [-0.39, 0.29) is 0 Å². The lowest BCUT2D eigenvalue weighted by atomic mass is 10.2. The molecule has 2 saturated heterocycles. The molecule has 0 aliphatic carbocycles. The summed E-state index contributed by atoms with van der Waals surface area (Å²) in [6.45, 7) is 8.53. The number of ether oxygens (including phenoxy) is 2. The summed E-state index contributed by atoms with van der Waals surface area (Å²) in [4.78, 5) is 20.4. The summed E-state index contributed by atoms with van der Waals surface area (Å²) in [6, 6.07) is 12.5. The zero-order valence-electron chi connectivity index (χ0n) is 19.8. The van der Waals surface area contributed by atoms with Crippen LogP contribution in [0.4, 0.5) is 34.6 Å². The number of rotatable bonds is 6. The predicted molar refractivity (Wildman–Crippen MR) is 135 cm³/mol. The van der Waals surface area contributed by atoms with Crippen molar-refractivity contribution < 1.29 is 9.47 Å². The number of pyridine rings is 1. The first-order valence-electron chi connectivity index (χ1n) is 11.7. The molecule has 9 nitrogen and oxygen atoms in total. The molecule has 2 aliphatic rings. The molecule has 0 bridgehead atoms. The Hall–Kier alpha value is -3.43. The predicted octanol–water partition coefficient (Wildman–Crippen LogP) is 3.36. The molecule has 1 aromatic carbocycles. The normalized spacial score (nSPS) is 16.4. The van der Waals surface area contributed by atoms with Crippen molar-refractivity contribution in [1.29, 1.82) is 0 Å². The molecule has 0 radical (unpaired) electrons. The Bertz CT molecular complexity index is 1060. The molecule has 5 rings (SSSR count). The van der Waals surface area contributed by atoms with Crippen LogP contribution in [-0.4, -0.2) is 74.6 Å². The molecule has 34 heavy (non-hydrogen) atoms. The number of hydrogen-bond acceptors (Lipinski definition) is 9. The highest BCUT2D eigenvalue weighted by Crippen LogP contribution is 2.31. The van der Waals surface area contributed by atoms with Gasteiger partial charge in [-0.1, -0.05) is 6.07 Å². The van der Waals surface area contributed by atoms with Crippen LogP contribution in [0.25, 0.3) is 0 Å². The van der Waals surface area contributed by atoms with Gasteiger partial charge in [-0.3, -0.25) is 0 Å². The van der Waals surface area contributed by atoms with E-state index < -0.39 is 0 Å². The maximum Gasteiger partial charge on any atom is 0.229 e. The molecule has 0 unspecified atom stereocenters. The van der Waals surface area contributed by atoms with E-state index in [1.165, 1.54) is 11.4 Å². The standard InChI is InChI=1S/C25H31N7O2/c1-19-3-4-23(27-18-19)30(2)24-5-6-26-25(29-24)28-20-15-21(31-7-11-33-12-8-31)17-22(16-20)32-9-13-34-14-10-32/h3-6,15-18H,7-14H2,1-2H3,(H,26,28,29). The molecule has 9 heteroatoms. The molecule has 3 aromatic rings. The number of aromatic nitrogens is 3. The summed E-state index contributed by atoms with van der Waals surface area (Å²) in [5, 5.41) is 3.43.